The fraction of sp³-hybridized carbons (Fsp3) is 0.409. The molecule has 1 atom stereocenters. The second-order valence-corrected chi connectivity index (χ2v) is 8.69. The van der Waals surface area contributed by atoms with E-state index in [4.69, 9.17) is 0 Å². The summed E-state index contributed by atoms with van der Waals surface area (Å²) in [5.41, 5.74) is 2.64. The normalized spacial score (nSPS) is 16.8. The summed E-state index contributed by atoms with van der Waals surface area (Å²) in [5.74, 6) is -0.109. The van der Waals surface area contributed by atoms with Gasteiger partial charge in [-0.05, 0) is 37.1 Å². The van der Waals surface area contributed by atoms with E-state index in [0.717, 1.165) is 24.1 Å². The summed E-state index contributed by atoms with van der Waals surface area (Å²) in [7, 11) is 0. The Morgan fingerprint density at radius 2 is 1.97 bits per heavy atom. The summed E-state index contributed by atoms with van der Waals surface area (Å²) < 4.78 is 1.46. The van der Waals surface area contributed by atoms with Gasteiger partial charge in [-0.3, -0.25) is 19.7 Å². The quantitative estimate of drug-likeness (QED) is 0.718. The molecule has 0 aliphatic carbocycles. The highest BCUT2D eigenvalue weighted by Gasteiger charge is 2.32. The van der Waals surface area contributed by atoms with Gasteiger partial charge in [0.1, 0.15) is 5.69 Å². The van der Waals surface area contributed by atoms with Crippen LogP contribution in [-0.4, -0.2) is 48.4 Å². The van der Waals surface area contributed by atoms with Crippen molar-refractivity contribution in [2.45, 2.75) is 51.6 Å². The lowest BCUT2D eigenvalue weighted by Crippen LogP contribution is -2.40. The summed E-state index contributed by atoms with van der Waals surface area (Å²) in [6.07, 6.45) is 5.11. The summed E-state index contributed by atoms with van der Waals surface area (Å²) >= 11 is 0. The molecule has 0 aromatic carbocycles. The average molecular weight is 406 g/mol. The van der Waals surface area contributed by atoms with Crippen LogP contribution in [0.4, 0.5) is 0 Å². The number of carbonyl (C=O) groups excluding carboxylic acids is 1. The van der Waals surface area contributed by atoms with E-state index in [2.05, 4.69) is 41.1 Å². The first kappa shape index (κ1) is 20.0. The van der Waals surface area contributed by atoms with Gasteiger partial charge in [-0.2, -0.15) is 10.2 Å². The van der Waals surface area contributed by atoms with E-state index in [0.29, 0.717) is 24.5 Å². The molecule has 1 aliphatic heterocycles. The van der Waals surface area contributed by atoms with E-state index in [1.807, 2.05) is 23.1 Å². The summed E-state index contributed by atoms with van der Waals surface area (Å²) in [4.78, 5) is 31.3. The number of aromatic amines is 1. The molecule has 4 rings (SSSR count). The highest BCUT2D eigenvalue weighted by molar-refractivity contribution is 5.92. The molecular weight excluding hydrogens is 380 g/mol. The molecular formula is C22H26N6O2. The average Bonchev–Trinajstić information content (AvgIpc) is 3.39. The van der Waals surface area contributed by atoms with E-state index in [9.17, 15) is 9.59 Å². The van der Waals surface area contributed by atoms with Crippen molar-refractivity contribution in [3.63, 3.8) is 0 Å². The molecule has 0 bridgehead atoms. The van der Waals surface area contributed by atoms with E-state index >= 15 is 0 Å². The van der Waals surface area contributed by atoms with Crippen LogP contribution >= 0.6 is 0 Å². The fourth-order valence-corrected chi connectivity index (χ4v) is 3.71. The molecule has 1 fully saturated rings. The molecule has 30 heavy (non-hydrogen) atoms. The first-order valence-electron chi connectivity index (χ1n) is 10.2. The van der Waals surface area contributed by atoms with Crippen LogP contribution in [0, 0.1) is 0 Å². The third-order valence-electron chi connectivity index (χ3n) is 5.47. The van der Waals surface area contributed by atoms with Gasteiger partial charge in [-0.15, -0.1) is 0 Å². The topological polar surface area (TPSA) is 96.8 Å². The molecule has 1 saturated heterocycles. The monoisotopic (exact) mass is 406 g/mol. The van der Waals surface area contributed by atoms with Gasteiger partial charge >= 0.3 is 0 Å². The summed E-state index contributed by atoms with van der Waals surface area (Å²) in [6.45, 7) is 7.23. The first-order chi connectivity index (χ1) is 14.3. The number of H-pyrrole nitrogens is 1. The van der Waals surface area contributed by atoms with Crippen LogP contribution in [0.2, 0.25) is 0 Å². The van der Waals surface area contributed by atoms with Crippen LogP contribution in [0.1, 0.15) is 49.8 Å². The number of hydrogen-bond acceptors (Lipinski definition) is 5. The number of hydrogen-bond donors (Lipinski definition) is 1. The molecule has 156 valence electrons. The number of nitrogens with one attached hydrogen (secondary N) is 1. The Labute approximate surface area is 175 Å². The van der Waals surface area contributed by atoms with Gasteiger partial charge in [-0.1, -0.05) is 20.8 Å². The van der Waals surface area contributed by atoms with E-state index in [1.165, 1.54) is 10.7 Å². The van der Waals surface area contributed by atoms with Crippen molar-refractivity contribution in [3.8, 4) is 11.3 Å². The van der Waals surface area contributed by atoms with Crippen molar-refractivity contribution in [1.29, 1.82) is 0 Å². The molecule has 0 spiro atoms. The molecule has 1 amide bonds. The number of rotatable bonds is 4. The van der Waals surface area contributed by atoms with Gasteiger partial charge in [0.15, 0.2) is 0 Å². The zero-order chi connectivity index (χ0) is 21.3. The van der Waals surface area contributed by atoms with Crippen LogP contribution in [0.5, 0.6) is 0 Å². The third-order valence-corrected chi connectivity index (χ3v) is 5.47. The molecule has 0 radical (unpaired) electrons. The van der Waals surface area contributed by atoms with Crippen LogP contribution in [0.15, 0.2) is 47.5 Å². The van der Waals surface area contributed by atoms with Gasteiger partial charge in [-0.25, -0.2) is 4.68 Å². The Morgan fingerprint density at radius 3 is 2.67 bits per heavy atom. The maximum Gasteiger partial charge on any atom is 0.274 e. The predicted molar refractivity (Wildman–Crippen MR) is 113 cm³/mol. The predicted octanol–water partition coefficient (Wildman–Crippen LogP) is 2.63. The van der Waals surface area contributed by atoms with Crippen molar-refractivity contribution in [2.75, 3.05) is 6.54 Å². The van der Waals surface area contributed by atoms with Crippen molar-refractivity contribution < 1.29 is 4.79 Å². The largest absolute Gasteiger partial charge is 0.332 e. The van der Waals surface area contributed by atoms with E-state index in [-0.39, 0.29) is 22.9 Å². The Bertz CT molecular complexity index is 1100. The maximum atomic E-state index is 13.1. The maximum absolute atomic E-state index is 13.1. The van der Waals surface area contributed by atoms with Crippen LogP contribution in [0.25, 0.3) is 11.3 Å². The van der Waals surface area contributed by atoms with E-state index < -0.39 is 0 Å². The Morgan fingerprint density at radius 1 is 1.20 bits per heavy atom. The Kier molecular flexibility index (Phi) is 5.24. The number of aromatic nitrogens is 5. The lowest BCUT2D eigenvalue weighted by atomic mass is 9.92. The first-order valence-corrected chi connectivity index (χ1v) is 10.2. The molecule has 0 saturated carbocycles. The molecule has 4 heterocycles. The number of pyridine rings is 1. The van der Waals surface area contributed by atoms with Crippen molar-refractivity contribution in [3.05, 3.63) is 64.5 Å². The van der Waals surface area contributed by atoms with Crippen LogP contribution < -0.4 is 5.56 Å². The lowest BCUT2D eigenvalue weighted by Gasteiger charge is -2.24. The highest BCUT2D eigenvalue weighted by atomic mass is 16.2. The van der Waals surface area contributed by atoms with Crippen LogP contribution in [0.3, 0.4) is 0 Å². The number of nitrogens with zero attached hydrogens (tertiary/aromatic N) is 5. The van der Waals surface area contributed by atoms with Crippen molar-refractivity contribution in [1.82, 2.24) is 29.9 Å². The third kappa shape index (κ3) is 4.03. The smallest absolute Gasteiger partial charge is 0.274 e. The Hall–Kier alpha value is -3.29. The molecule has 3 aromatic rings. The number of likely N-dealkylation sites (tertiary alicyclic amines) is 1. The zero-order valence-electron chi connectivity index (χ0n) is 17.5. The second kappa shape index (κ2) is 7.85. The minimum atomic E-state index is -0.179. The highest BCUT2D eigenvalue weighted by Crippen LogP contribution is 2.24. The molecule has 3 aromatic heterocycles. The van der Waals surface area contributed by atoms with Gasteiger partial charge in [0.2, 0.25) is 0 Å². The van der Waals surface area contributed by atoms with E-state index in [1.54, 1.807) is 18.5 Å². The second-order valence-electron chi connectivity index (χ2n) is 8.69. The van der Waals surface area contributed by atoms with Gasteiger partial charge in [0.25, 0.3) is 11.5 Å². The molecule has 8 heteroatoms. The lowest BCUT2D eigenvalue weighted by molar-refractivity contribution is 0.0714. The summed E-state index contributed by atoms with van der Waals surface area (Å²) in [5, 5.41) is 11.7. The number of carbonyl (C=O) groups is 1. The van der Waals surface area contributed by atoms with Gasteiger partial charge in [0.05, 0.1) is 18.3 Å². The van der Waals surface area contributed by atoms with Gasteiger partial charge in [0, 0.05) is 41.7 Å². The fourth-order valence-electron chi connectivity index (χ4n) is 3.71. The molecule has 1 unspecified atom stereocenters. The SMILES string of the molecule is CC(C)(C)c1cc(C(=O)N2CCCC2Cn2nc(-c3ccncc3)ccc2=O)n[nH]1. The molecule has 1 aliphatic rings. The van der Waals surface area contributed by atoms with Crippen molar-refractivity contribution in [2.24, 2.45) is 0 Å². The molecule has 8 nitrogen and oxygen atoms in total. The van der Waals surface area contributed by atoms with Gasteiger partial charge < -0.3 is 4.90 Å². The van der Waals surface area contributed by atoms with Crippen LogP contribution in [-0.2, 0) is 12.0 Å². The minimum Gasteiger partial charge on any atom is -0.332 e. The Balaban J connectivity index is 1.55. The summed E-state index contributed by atoms with van der Waals surface area (Å²) in [6, 6.07) is 8.67. The van der Waals surface area contributed by atoms with Crippen molar-refractivity contribution >= 4 is 5.91 Å². The minimum absolute atomic E-state index is 0.0924. The molecule has 1 N–H and O–H groups in total. The standard InChI is InChI=1S/C22H26N6O2/c1-22(2,3)19-13-18(24-25-19)21(30)27-12-4-5-16(27)14-28-20(29)7-6-17(26-28)15-8-10-23-11-9-15/h6-11,13,16H,4-5,12,14H2,1-3H3,(H,24,25). The number of amides is 1. The zero-order valence-corrected chi connectivity index (χ0v) is 17.5.